The molecule has 4 bridgehead atoms. The lowest BCUT2D eigenvalue weighted by Gasteiger charge is -2.56. The molecule has 22 heavy (non-hydrogen) atoms. The summed E-state index contributed by atoms with van der Waals surface area (Å²) in [4.78, 5) is 12.4. The zero-order valence-corrected chi connectivity index (χ0v) is 14.3. The number of nitrogens with one attached hydrogen (secondary N) is 1. The van der Waals surface area contributed by atoms with E-state index in [9.17, 15) is 4.79 Å². The van der Waals surface area contributed by atoms with Crippen molar-refractivity contribution in [3.8, 4) is 5.75 Å². The van der Waals surface area contributed by atoms with Crippen LogP contribution < -0.4 is 10.1 Å². The van der Waals surface area contributed by atoms with Gasteiger partial charge in [0, 0.05) is 5.54 Å². The van der Waals surface area contributed by atoms with Gasteiger partial charge in [0.1, 0.15) is 5.75 Å². The van der Waals surface area contributed by atoms with Crippen LogP contribution in [0.2, 0.25) is 0 Å². The van der Waals surface area contributed by atoms with E-state index < -0.39 is 0 Å². The van der Waals surface area contributed by atoms with E-state index >= 15 is 0 Å². The molecule has 0 atom stereocenters. The first kappa shape index (κ1) is 14.6. The van der Waals surface area contributed by atoms with Gasteiger partial charge in [-0.25, -0.2) is 0 Å². The molecule has 4 aliphatic rings. The van der Waals surface area contributed by atoms with Crippen molar-refractivity contribution >= 4 is 21.8 Å². The van der Waals surface area contributed by atoms with E-state index in [0.29, 0.717) is 0 Å². The summed E-state index contributed by atoms with van der Waals surface area (Å²) in [5.41, 5.74) is 0.0725. The van der Waals surface area contributed by atoms with Crippen LogP contribution in [0, 0.1) is 17.8 Å². The summed E-state index contributed by atoms with van der Waals surface area (Å²) in [6.07, 6.45) is 7.72. The Balaban J connectivity index is 1.37. The van der Waals surface area contributed by atoms with Gasteiger partial charge in [0.2, 0.25) is 0 Å². The van der Waals surface area contributed by atoms with Gasteiger partial charge in [0.05, 0.1) is 4.47 Å². The van der Waals surface area contributed by atoms with Crippen molar-refractivity contribution in [2.24, 2.45) is 17.8 Å². The topological polar surface area (TPSA) is 38.3 Å². The predicted molar refractivity (Wildman–Crippen MR) is 88.7 cm³/mol. The molecule has 4 fully saturated rings. The second-order valence-electron chi connectivity index (χ2n) is 7.47. The highest BCUT2D eigenvalue weighted by Crippen LogP contribution is 2.55. The highest BCUT2D eigenvalue weighted by atomic mass is 79.9. The van der Waals surface area contributed by atoms with E-state index in [2.05, 4.69) is 21.2 Å². The van der Waals surface area contributed by atoms with Gasteiger partial charge < -0.3 is 10.1 Å². The minimum atomic E-state index is 0.0257. The third kappa shape index (κ3) is 2.78. The van der Waals surface area contributed by atoms with Gasteiger partial charge >= 0.3 is 0 Å². The third-order valence-corrected chi connectivity index (χ3v) is 6.29. The highest BCUT2D eigenvalue weighted by Gasteiger charge is 2.51. The summed E-state index contributed by atoms with van der Waals surface area (Å²) < 4.78 is 6.54. The molecule has 5 rings (SSSR count). The smallest absolute Gasteiger partial charge is 0.258 e. The lowest BCUT2D eigenvalue weighted by Crippen LogP contribution is -2.60. The van der Waals surface area contributed by atoms with Crippen LogP contribution in [-0.2, 0) is 4.79 Å². The Morgan fingerprint density at radius 1 is 1.14 bits per heavy atom. The van der Waals surface area contributed by atoms with E-state index in [0.717, 1.165) is 28.0 Å². The van der Waals surface area contributed by atoms with Crippen molar-refractivity contribution in [3.05, 3.63) is 28.7 Å². The molecule has 0 aliphatic heterocycles. The van der Waals surface area contributed by atoms with Crippen LogP contribution in [0.1, 0.15) is 38.5 Å². The number of ether oxygens (including phenoxy) is 1. The molecule has 4 heteroatoms. The molecule has 0 spiro atoms. The van der Waals surface area contributed by atoms with Crippen LogP contribution in [0.3, 0.4) is 0 Å². The van der Waals surface area contributed by atoms with Crippen LogP contribution in [-0.4, -0.2) is 18.1 Å². The fourth-order valence-corrected chi connectivity index (χ4v) is 5.70. The monoisotopic (exact) mass is 363 g/mol. The average Bonchev–Trinajstić information content (AvgIpc) is 2.44. The Labute approximate surface area is 139 Å². The van der Waals surface area contributed by atoms with Crippen molar-refractivity contribution in [1.82, 2.24) is 5.32 Å². The Hall–Kier alpha value is -1.03. The van der Waals surface area contributed by atoms with E-state index in [1.54, 1.807) is 0 Å². The summed E-state index contributed by atoms with van der Waals surface area (Å²) >= 11 is 3.44. The maximum atomic E-state index is 12.4. The summed E-state index contributed by atoms with van der Waals surface area (Å²) in [6, 6.07) is 7.65. The summed E-state index contributed by atoms with van der Waals surface area (Å²) in [6.45, 7) is 0.102. The third-order valence-electron chi connectivity index (χ3n) is 5.64. The second-order valence-corrected chi connectivity index (χ2v) is 8.32. The van der Waals surface area contributed by atoms with Gasteiger partial charge in [0.25, 0.3) is 5.91 Å². The number of amides is 1. The predicted octanol–water partition coefficient (Wildman–Crippen LogP) is 3.91. The Kier molecular flexibility index (Phi) is 3.67. The summed E-state index contributed by atoms with van der Waals surface area (Å²) in [5.74, 6) is 3.28. The molecule has 118 valence electrons. The van der Waals surface area contributed by atoms with E-state index in [1.807, 2.05) is 24.3 Å². The average molecular weight is 364 g/mol. The molecule has 4 saturated carbocycles. The SMILES string of the molecule is O=C(COc1ccccc1Br)NC12CC3CC(CC(C3)C1)C2. The number of hydrogen-bond acceptors (Lipinski definition) is 2. The quantitative estimate of drug-likeness (QED) is 0.880. The van der Waals surface area contributed by atoms with Crippen molar-refractivity contribution in [3.63, 3.8) is 0 Å². The molecular weight excluding hydrogens is 342 g/mol. The number of para-hydroxylation sites is 1. The van der Waals surface area contributed by atoms with Gasteiger partial charge in [-0.2, -0.15) is 0 Å². The van der Waals surface area contributed by atoms with Crippen LogP contribution in [0.4, 0.5) is 0 Å². The number of carbonyl (C=O) groups is 1. The maximum absolute atomic E-state index is 12.4. The molecule has 1 N–H and O–H groups in total. The first-order valence-electron chi connectivity index (χ1n) is 8.30. The van der Waals surface area contributed by atoms with Crippen LogP contribution in [0.5, 0.6) is 5.75 Å². The van der Waals surface area contributed by atoms with E-state index in [-0.39, 0.29) is 18.1 Å². The number of hydrogen-bond donors (Lipinski definition) is 1. The maximum Gasteiger partial charge on any atom is 0.258 e. The molecule has 0 heterocycles. The molecule has 0 unspecified atom stereocenters. The first-order valence-corrected chi connectivity index (χ1v) is 9.09. The van der Waals surface area contributed by atoms with Crippen LogP contribution >= 0.6 is 15.9 Å². The summed E-state index contributed by atoms with van der Waals surface area (Å²) in [5, 5.41) is 3.34. The largest absolute Gasteiger partial charge is 0.483 e. The van der Waals surface area contributed by atoms with E-state index in [1.165, 1.54) is 38.5 Å². The highest BCUT2D eigenvalue weighted by molar-refractivity contribution is 9.10. The standard InChI is InChI=1S/C18H22BrNO2/c19-15-3-1-2-4-16(15)22-11-17(21)20-18-8-12-5-13(9-18)7-14(6-12)10-18/h1-4,12-14H,5-11H2,(H,20,21). The number of halogens is 1. The van der Waals surface area contributed by atoms with Crippen LogP contribution in [0.15, 0.2) is 28.7 Å². The minimum absolute atomic E-state index is 0.0257. The zero-order valence-electron chi connectivity index (χ0n) is 12.7. The van der Waals surface area contributed by atoms with Gasteiger partial charge in [-0.3, -0.25) is 4.79 Å². The van der Waals surface area contributed by atoms with Gasteiger partial charge in [-0.05, 0) is 84.3 Å². The van der Waals surface area contributed by atoms with E-state index in [4.69, 9.17) is 4.74 Å². The molecule has 3 nitrogen and oxygen atoms in total. The zero-order chi connectivity index (χ0) is 15.2. The van der Waals surface area contributed by atoms with Gasteiger partial charge in [-0.15, -0.1) is 0 Å². The molecule has 1 amide bonds. The Bertz CT molecular complexity index is 551. The Morgan fingerprint density at radius 2 is 1.73 bits per heavy atom. The minimum Gasteiger partial charge on any atom is -0.483 e. The fourth-order valence-electron chi connectivity index (χ4n) is 5.30. The number of benzene rings is 1. The lowest BCUT2D eigenvalue weighted by atomic mass is 9.53. The van der Waals surface area contributed by atoms with Gasteiger partial charge in [-0.1, -0.05) is 12.1 Å². The molecule has 0 aromatic heterocycles. The first-order chi connectivity index (χ1) is 10.6. The molecule has 1 aromatic rings. The molecule has 0 radical (unpaired) electrons. The molecular formula is C18H22BrNO2. The number of carbonyl (C=O) groups excluding carboxylic acids is 1. The normalized spacial score (nSPS) is 35.4. The molecule has 1 aromatic carbocycles. The van der Waals surface area contributed by atoms with Crippen molar-refractivity contribution < 1.29 is 9.53 Å². The Morgan fingerprint density at radius 3 is 2.32 bits per heavy atom. The van der Waals surface area contributed by atoms with Crippen molar-refractivity contribution in [2.45, 2.75) is 44.1 Å². The fraction of sp³-hybridized carbons (Fsp3) is 0.611. The van der Waals surface area contributed by atoms with Crippen molar-refractivity contribution in [1.29, 1.82) is 0 Å². The van der Waals surface area contributed by atoms with Crippen molar-refractivity contribution in [2.75, 3.05) is 6.61 Å². The number of rotatable bonds is 4. The molecule has 0 saturated heterocycles. The van der Waals surface area contributed by atoms with Crippen LogP contribution in [0.25, 0.3) is 0 Å². The second kappa shape index (κ2) is 5.55. The lowest BCUT2D eigenvalue weighted by molar-refractivity contribution is -0.128. The summed E-state index contributed by atoms with van der Waals surface area (Å²) in [7, 11) is 0. The molecule has 4 aliphatic carbocycles. The van der Waals surface area contributed by atoms with Gasteiger partial charge in [0.15, 0.2) is 6.61 Å².